The molecule has 0 unspecified atom stereocenters. The Morgan fingerprint density at radius 3 is 2.10 bits per heavy atom. The Balaban J connectivity index is 2.13. The normalized spacial score (nSPS) is 10.5. The zero-order chi connectivity index (χ0) is 13.9. The van der Waals surface area contributed by atoms with Crippen molar-refractivity contribution in [1.29, 1.82) is 0 Å². The summed E-state index contributed by atoms with van der Waals surface area (Å²) in [6.07, 6.45) is 1.89. The fourth-order valence-corrected chi connectivity index (χ4v) is 2.62. The highest BCUT2D eigenvalue weighted by atomic mass is 14.7. The number of aryl methyl sites for hydroxylation is 2. The molecule has 0 aliphatic carbocycles. The summed E-state index contributed by atoms with van der Waals surface area (Å²) in [6.45, 7) is 4.32. The smallest absolute Gasteiger partial charge is 0.0708 e. The second-order valence-corrected chi connectivity index (χ2v) is 5.06. The van der Waals surface area contributed by atoms with Gasteiger partial charge in [0.1, 0.15) is 0 Å². The molecule has 3 aromatic rings. The van der Waals surface area contributed by atoms with Crippen LogP contribution < -0.4 is 0 Å². The second-order valence-electron chi connectivity index (χ2n) is 5.06. The van der Waals surface area contributed by atoms with Gasteiger partial charge in [0.25, 0.3) is 0 Å². The molecule has 98 valence electrons. The molecule has 0 bridgehead atoms. The van der Waals surface area contributed by atoms with Gasteiger partial charge in [-0.25, -0.2) is 0 Å². The van der Waals surface area contributed by atoms with Gasteiger partial charge in [0.15, 0.2) is 0 Å². The van der Waals surface area contributed by atoms with Gasteiger partial charge in [-0.3, -0.25) is 4.98 Å². The van der Waals surface area contributed by atoms with Gasteiger partial charge in [0.2, 0.25) is 0 Å². The topological polar surface area (TPSA) is 12.9 Å². The van der Waals surface area contributed by atoms with E-state index < -0.39 is 0 Å². The highest BCUT2D eigenvalue weighted by Crippen LogP contribution is 2.29. The van der Waals surface area contributed by atoms with Crippen molar-refractivity contribution in [3.05, 3.63) is 78.0 Å². The highest BCUT2D eigenvalue weighted by Gasteiger charge is 2.07. The molecule has 0 saturated carbocycles. The maximum Gasteiger partial charge on any atom is 0.0708 e. The van der Waals surface area contributed by atoms with Gasteiger partial charge in [0, 0.05) is 11.8 Å². The van der Waals surface area contributed by atoms with Crippen molar-refractivity contribution in [2.75, 3.05) is 0 Å². The molecule has 0 fully saturated rings. The molecular formula is C19H17N. The van der Waals surface area contributed by atoms with E-state index in [0.717, 1.165) is 11.3 Å². The molecule has 3 rings (SSSR count). The molecular weight excluding hydrogens is 242 g/mol. The van der Waals surface area contributed by atoms with E-state index in [1.807, 2.05) is 24.4 Å². The van der Waals surface area contributed by atoms with Crippen molar-refractivity contribution in [3.8, 4) is 22.4 Å². The van der Waals surface area contributed by atoms with Crippen LogP contribution in [-0.2, 0) is 0 Å². The molecule has 0 saturated heterocycles. The Morgan fingerprint density at radius 1 is 0.700 bits per heavy atom. The van der Waals surface area contributed by atoms with Gasteiger partial charge in [-0.1, -0.05) is 48.5 Å². The summed E-state index contributed by atoms with van der Waals surface area (Å²) < 4.78 is 0. The molecule has 1 aromatic heterocycles. The number of rotatable bonds is 2. The van der Waals surface area contributed by atoms with Crippen molar-refractivity contribution in [3.63, 3.8) is 0 Å². The summed E-state index contributed by atoms with van der Waals surface area (Å²) in [5, 5.41) is 0. The second kappa shape index (κ2) is 5.30. The largest absolute Gasteiger partial charge is 0.256 e. The number of aromatic nitrogens is 1. The highest BCUT2D eigenvalue weighted by molar-refractivity contribution is 5.74. The molecule has 0 aliphatic rings. The van der Waals surface area contributed by atoms with Crippen LogP contribution in [0, 0.1) is 13.8 Å². The predicted octanol–water partition coefficient (Wildman–Crippen LogP) is 5.03. The minimum atomic E-state index is 1.02. The van der Waals surface area contributed by atoms with Crippen molar-refractivity contribution in [2.24, 2.45) is 0 Å². The summed E-state index contributed by atoms with van der Waals surface area (Å²) in [5.74, 6) is 0. The molecule has 2 aromatic carbocycles. The quantitative estimate of drug-likeness (QED) is 0.628. The van der Waals surface area contributed by atoms with Crippen molar-refractivity contribution >= 4 is 0 Å². The molecule has 0 radical (unpaired) electrons. The number of nitrogens with zero attached hydrogens (tertiary/aromatic N) is 1. The average molecular weight is 259 g/mol. The lowest BCUT2D eigenvalue weighted by Gasteiger charge is -2.11. The van der Waals surface area contributed by atoms with Crippen LogP contribution in [0.25, 0.3) is 22.4 Å². The first kappa shape index (κ1) is 12.6. The van der Waals surface area contributed by atoms with Crippen LogP contribution in [-0.4, -0.2) is 4.98 Å². The predicted molar refractivity (Wildman–Crippen MR) is 84.6 cm³/mol. The first-order chi connectivity index (χ1) is 9.75. The zero-order valence-corrected chi connectivity index (χ0v) is 11.8. The lowest BCUT2D eigenvalue weighted by atomic mass is 9.95. The maximum atomic E-state index is 4.49. The molecule has 0 atom stereocenters. The number of pyridine rings is 1. The van der Waals surface area contributed by atoms with Gasteiger partial charge in [-0.15, -0.1) is 0 Å². The third-order valence-electron chi connectivity index (χ3n) is 3.60. The van der Waals surface area contributed by atoms with Crippen LogP contribution >= 0.6 is 0 Å². The van der Waals surface area contributed by atoms with Crippen LogP contribution in [0.2, 0.25) is 0 Å². The Hall–Kier alpha value is -2.41. The number of hydrogen-bond acceptors (Lipinski definition) is 1. The Labute approximate surface area is 119 Å². The van der Waals surface area contributed by atoms with Gasteiger partial charge < -0.3 is 0 Å². The van der Waals surface area contributed by atoms with E-state index in [1.165, 1.54) is 22.3 Å². The summed E-state index contributed by atoms with van der Waals surface area (Å²) in [4.78, 5) is 4.49. The van der Waals surface area contributed by atoms with Crippen molar-refractivity contribution in [2.45, 2.75) is 13.8 Å². The van der Waals surface area contributed by atoms with Gasteiger partial charge in [-0.2, -0.15) is 0 Å². The number of hydrogen-bond donors (Lipinski definition) is 0. The maximum absolute atomic E-state index is 4.49. The monoisotopic (exact) mass is 259 g/mol. The van der Waals surface area contributed by atoms with Crippen LogP contribution in [0.4, 0.5) is 0 Å². The molecule has 20 heavy (non-hydrogen) atoms. The Kier molecular flexibility index (Phi) is 3.34. The fraction of sp³-hybridized carbons (Fsp3) is 0.105. The van der Waals surface area contributed by atoms with Gasteiger partial charge >= 0.3 is 0 Å². The average Bonchev–Trinajstić information content (AvgIpc) is 2.48. The van der Waals surface area contributed by atoms with E-state index in [4.69, 9.17) is 0 Å². The Morgan fingerprint density at radius 2 is 1.40 bits per heavy atom. The van der Waals surface area contributed by atoms with E-state index >= 15 is 0 Å². The zero-order valence-electron chi connectivity index (χ0n) is 11.8. The van der Waals surface area contributed by atoms with Crippen LogP contribution in [0.15, 0.2) is 66.9 Å². The summed E-state index contributed by atoms with van der Waals surface area (Å²) >= 11 is 0. The van der Waals surface area contributed by atoms with Crippen LogP contribution in [0.5, 0.6) is 0 Å². The lowest BCUT2D eigenvalue weighted by molar-refractivity contribution is 1.31. The van der Waals surface area contributed by atoms with E-state index in [2.05, 4.69) is 61.3 Å². The standard InChI is InChI=1S/C19H17N/c1-14-7-6-8-15(2)19(14)17-11-12-20-18(13-17)16-9-4-3-5-10-16/h3-13H,1-2H3. The molecule has 0 spiro atoms. The number of benzene rings is 2. The summed E-state index contributed by atoms with van der Waals surface area (Å²) in [5.41, 5.74) is 7.32. The Bertz CT molecular complexity index is 710. The molecule has 0 amide bonds. The minimum absolute atomic E-state index is 1.02. The third kappa shape index (κ3) is 2.35. The fourth-order valence-electron chi connectivity index (χ4n) is 2.62. The summed E-state index contributed by atoms with van der Waals surface area (Å²) in [6, 6.07) is 21.0. The van der Waals surface area contributed by atoms with Crippen LogP contribution in [0.3, 0.4) is 0 Å². The van der Waals surface area contributed by atoms with Crippen molar-refractivity contribution < 1.29 is 0 Å². The first-order valence-electron chi connectivity index (χ1n) is 6.84. The first-order valence-corrected chi connectivity index (χ1v) is 6.84. The molecule has 0 aliphatic heterocycles. The van der Waals surface area contributed by atoms with E-state index in [1.54, 1.807) is 0 Å². The van der Waals surface area contributed by atoms with Gasteiger partial charge in [0.05, 0.1) is 5.69 Å². The van der Waals surface area contributed by atoms with E-state index in [-0.39, 0.29) is 0 Å². The molecule has 1 nitrogen and oxygen atoms in total. The van der Waals surface area contributed by atoms with Gasteiger partial charge in [-0.05, 0) is 48.2 Å². The minimum Gasteiger partial charge on any atom is -0.256 e. The SMILES string of the molecule is Cc1cccc(C)c1-c1ccnc(-c2ccccc2)c1. The lowest BCUT2D eigenvalue weighted by Crippen LogP contribution is -1.90. The molecule has 0 N–H and O–H groups in total. The van der Waals surface area contributed by atoms with E-state index in [9.17, 15) is 0 Å². The van der Waals surface area contributed by atoms with Crippen LogP contribution in [0.1, 0.15) is 11.1 Å². The molecule has 1 heteroatoms. The summed E-state index contributed by atoms with van der Waals surface area (Å²) in [7, 11) is 0. The van der Waals surface area contributed by atoms with Crippen molar-refractivity contribution in [1.82, 2.24) is 4.98 Å². The van der Waals surface area contributed by atoms with E-state index in [0.29, 0.717) is 0 Å². The molecule has 1 heterocycles. The third-order valence-corrected chi connectivity index (χ3v) is 3.60.